The molecule has 0 saturated carbocycles. The molecule has 1 unspecified atom stereocenters. The van der Waals surface area contributed by atoms with Gasteiger partial charge in [0, 0.05) is 30.4 Å². The summed E-state index contributed by atoms with van der Waals surface area (Å²) < 4.78 is 0. The van der Waals surface area contributed by atoms with Crippen molar-refractivity contribution in [1.29, 1.82) is 0 Å². The maximum atomic E-state index is 12.7. The van der Waals surface area contributed by atoms with Gasteiger partial charge in [-0.2, -0.15) is 0 Å². The molecule has 2 aromatic rings. The maximum absolute atomic E-state index is 12.7. The first-order valence-electron chi connectivity index (χ1n) is 10.1. The van der Waals surface area contributed by atoms with E-state index in [4.69, 9.17) is 0 Å². The van der Waals surface area contributed by atoms with Crippen molar-refractivity contribution in [3.63, 3.8) is 0 Å². The Morgan fingerprint density at radius 2 is 1.64 bits per heavy atom. The van der Waals surface area contributed by atoms with Crippen molar-refractivity contribution in [1.82, 2.24) is 5.32 Å². The largest absolute Gasteiger partial charge is 0.372 e. The minimum Gasteiger partial charge on any atom is -0.372 e. The fraction of sp³-hybridized carbons (Fsp3) is 0.391. The van der Waals surface area contributed by atoms with Crippen molar-refractivity contribution in [3.8, 4) is 0 Å². The van der Waals surface area contributed by atoms with Gasteiger partial charge in [0.15, 0.2) is 0 Å². The lowest BCUT2D eigenvalue weighted by atomic mass is 10.1. The van der Waals surface area contributed by atoms with Crippen LogP contribution in [0.3, 0.4) is 0 Å². The first-order valence-corrected chi connectivity index (χ1v) is 10.1. The van der Waals surface area contributed by atoms with Crippen molar-refractivity contribution in [2.75, 3.05) is 23.3 Å². The number of benzene rings is 2. The summed E-state index contributed by atoms with van der Waals surface area (Å²) in [6, 6.07) is 14.9. The molecular formula is C23H29N3O2. The Morgan fingerprint density at radius 3 is 2.32 bits per heavy atom. The number of carbonyl (C=O) groups is 2. The highest BCUT2D eigenvalue weighted by Crippen LogP contribution is 2.21. The van der Waals surface area contributed by atoms with E-state index in [1.807, 2.05) is 44.2 Å². The summed E-state index contributed by atoms with van der Waals surface area (Å²) >= 11 is 0. The number of hydrogen-bond donors (Lipinski definition) is 2. The number of piperidine rings is 1. The van der Waals surface area contributed by atoms with E-state index in [0.717, 1.165) is 25.2 Å². The molecule has 1 saturated heterocycles. The van der Waals surface area contributed by atoms with Crippen molar-refractivity contribution >= 4 is 23.2 Å². The van der Waals surface area contributed by atoms with E-state index in [-0.39, 0.29) is 17.9 Å². The van der Waals surface area contributed by atoms with E-state index >= 15 is 0 Å². The van der Waals surface area contributed by atoms with Crippen LogP contribution in [0.25, 0.3) is 0 Å². The summed E-state index contributed by atoms with van der Waals surface area (Å²) in [5.74, 6) is -0.389. The predicted octanol–water partition coefficient (Wildman–Crippen LogP) is 4.46. The number of nitrogens with zero attached hydrogens (tertiary/aromatic N) is 1. The fourth-order valence-electron chi connectivity index (χ4n) is 3.36. The molecule has 1 fully saturated rings. The van der Waals surface area contributed by atoms with Gasteiger partial charge in [-0.25, -0.2) is 0 Å². The summed E-state index contributed by atoms with van der Waals surface area (Å²) in [5, 5.41) is 5.83. The van der Waals surface area contributed by atoms with Crippen LogP contribution in [0.15, 0.2) is 48.5 Å². The highest BCUT2D eigenvalue weighted by molar-refractivity contribution is 6.09. The minimum absolute atomic E-state index is 0.0820. The van der Waals surface area contributed by atoms with Crippen molar-refractivity contribution in [2.24, 2.45) is 0 Å². The third kappa shape index (κ3) is 4.91. The molecule has 2 N–H and O–H groups in total. The molecule has 2 amide bonds. The molecule has 148 valence electrons. The summed E-state index contributed by atoms with van der Waals surface area (Å²) in [6.45, 7) is 6.13. The van der Waals surface area contributed by atoms with Crippen LogP contribution >= 0.6 is 0 Å². The van der Waals surface area contributed by atoms with Gasteiger partial charge in [0.1, 0.15) is 0 Å². The number of rotatable bonds is 6. The number of carbonyl (C=O) groups excluding carboxylic acids is 2. The molecule has 0 spiro atoms. The summed E-state index contributed by atoms with van der Waals surface area (Å²) in [4.78, 5) is 27.6. The number of nitrogens with one attached hydrogen (secondary N) is 2. The Labute approximate surface area is 167 Å². The molecule has 1 heterocycles. The Kier molecular flexibility index (Phi) is 6.69. The summed E-state index contributed by atoms with van der Waals surface area (Å²) in [6.07, 6.45) is 4.58. The van der Waals surface area contributed by atoms with E-state index in [0.29, 0.717) is 16.8 Å². The Bertz CT molecular complexity index is 811. The van der Waals surface area contributed by atoms with Crippen LogP contribution in [0.5, 0.6) is 0 Å². The van der Waals surface area contributed by atoms with Crippen LogP contribution in [0, 0.1) is 0 Å². The predicted molar refractivity (Wildman–Crippen MR) is 114 cm³/mol. The molecule has 1 aliphatic rings. The van der Waals surface area contributed by atoms with Gasteiger partial charge < -0.3 is 15.5 Å². The Balaban J connectivity index is 1.70. The summed E-state index contributed by atoms with van der Waals surface area (Å²) in [7, 11) is 0. The number of hydrogen-bond acceptors (Lipinski definition) is 3. The van der Waals surface area contributed by atoms with Crippen LogP contribution in [-0.2, 0) is 0 Å². The zero-order chi connectivity index (χ0) is 19.9. The maximum Gasteiger partial charge on any atom is 0.255 e. The quantitative estimate of drug-likeness (QED) is 0.779. The highest BCUT2D eigenvalue weighted by Gasteiger charge is 2.16. The minimum atomic E-state index is -0.214. The molecule has 1 aliphatic heterocycles. The second-order valence-corrected chi connectivity index (χ2v) is 7.38. The Hall–Kier alpha value is -2.82. The normalized spacial score (nSPS) is 15.0. The highest BCUT2D eigenvalue weighted by atomic mass is 16.2. The second-order valence-electron chi connectivity index (χ2n) is 7.38. The van der Waals surface area contributed by atoms with Crippen LogP contribution in [-0.4, -0.2) is 30.9 Å². The fourth-order valence-corrected chi connectivity index (χ4v) is 3.36. The van der Waals surface area contributed by atoms with E-state index in [1.165, 1.54) is 19.3 Å². The van der Waals surface area contributed by atoms with Crippen LogP contribution < -0.4 is 15.5 Å². The molecule has 5 nitrogen and oxygen atoms in total. The topological polar surface area (TPSA) is 61.4 Å². The van der Waals surface area contributed by atoms with Gasteiger partial charge in [-0.15, -0.1) is 0 Å². The van der Waals surface area contributed by atoms with Gasteiger partial charge in [-0.3, -0.25) is 9.59 Å². The average molecular weight is 380 g/mol. The third-order valence-corrected chi connectivity index (χ3v) is 5.26. The molecule has 28 heavy (non-hydrogen) atoms. The van der Waals surface area contributed by atoms with Crippen LogP contribution in [0.2, 0.25) is 0 Å². The van der Waals surface area contributed by atoms with Gasteiger partial charge in [0.2, 0.25) is 0 Å². The molecule has 2 aromatic carbocycles. The Morgan fingerprint density at radius 1 is 0.964 bits per heavy atom. The van der Waals surface area contributed by atoms with E-state index in [9.17, 15) is 9.59 Å². The van der Waals surface area contributed by atoms with Gasteiger partial charge >= 0.3 is 0 Å². The molecule has 0 aliphatic carbocycles. The van der Waals surface area contributed by atoms with Crippen LogP contribution in [0.4, 0.5) is 11.4 Å². The third-order valence-electron chi connectivity index (χ3n) is 5.26. The number of anilines is 2. The van der Waals surface area contributed by atoms with Crippen molar-refractivity contribution < 1.29 is 9.59 Å². The molecule has 3 rings (SSSR count). The second kappa shape index (κ2) is 9.40. The lowest BCUT2D eigenvalue weighted by molar-refractivity contribution is 0.0940. The van der Waals surface area contributed by atoms with Gasteiger partial charge in [0.05, 0.1) is 11.3 Å². The standard InChI is InChI=1S/C23H29N3O2/c1-3-17(2)24-23(28)20-9-5-6-10-21(20)25-22(27)18-11-13-19(14-12-18)26-15-7-4-8-16-26/h5-6,9-14,17H,3-4,7-8,15-16H2,1-2H3,(H,24,28)(H,25,27). The first-order chi connectivity index (χ1) is 13.6. The lowest BCUT2D eigenvalue weighted by Crippen LogP contribution is -2.32. The lowest BCUT2D eigenvalue weighted by Gasteiger charge is -2.28. The van der Waals surface area contributed by atoms with E-state index in [1.54, 1.807) is 18.2 Å². The van der Waals surface area contributed by atoms with Crippen molar-refractivity contribution in [2.45, 2.75) is 45.6 Å². The number of para-hydroxylation sites is 1. The molecule has 5 heteroatoms. The summed E-state index contributed by atoms with van der Waals surface area (Å²) in [5.41, 5.74) is 2.73. The molecule has 0 radical (unpaired) electrons. The zero-order valence-electron chi connectivity index (χ0n) is 16.7. The first kappa shape index (κ1) is 19.9. The molecule has 0 bridgehead atoms. The number of amides is 2. The van der Waals surface area contributed by atoms with Gasteiger partial charge in [-0.1, -0.05) is 19.1 Å². The van der Waals surface area contributed by atoms with E-state index in [2.05, 4.69) is 15.5 Å². The molecular weight excluding hydrogens is 350 g/mol. The SMILES string of the molecule is CCC(C)NC(=O)c1ccccc1NC(=O)c1ccc(N2CCCCC2)cc1. The van der Waals surface area contributed by atoms with Gasteiger partial charge in [0.25, 0.3) is 11.8 Å². The van der Waals surface area contributed by atoms with Crippen LogP contribution in [0.1, 0.15) is 60.2 Å². The molecule has 1 atom stereocenters. The van der Waals surface area contributed by atoms with Gasteiger partial charge in [-0.05, 0) is 69.0 Å². The smallest absolute Gasteiger partial charge is 0.255 e. The zero-order valence-corrected chi connectivity index (χ0v) is 16.7. The monoisotopic (exact) mass is 379 g/mol. The average Bonchev–Trinajstić information content (AvgIpc) is 2.74. The molecule has 0 aromatic heterocycles. The van der Waals surface area contributed by atoms with E-state index < -0.39 is 0 Å². The van der Waals surface area contributed by atoms with Crippen molar-refractivity contribution in [3.05, 3.63) is 59.7 Å².